The van der Waals surface area contributed by atoms with Gasteiger partial charge in [0.2, 0.25) is 0 Å². The number of ether oxygens (including phenoxy) is 1. The van der Waals surface area contributed by atoms with Gasteiger partial charge >= 0.3 is 0 Å². The Bertz CT molecular complexity index is 971. The van der Waals surface area contributed by atoms with Crippen LogP contribution in [0, 0.1) is 6.92 Å². The summed E-state index contributed by atoms with van der Waals surface area (Å²) in [6.45, 7) is 6.60. The topological polar surface area (TPSA) is 54.5 Å². The molecule has 5 heteroatoms. The summed E-state index contributed by atoms with van der Waals surface area (Å²) in [5, 5.41) is 3.34. The van der Waals surface area contributed by atoms with Gasteiger partial charge in [-0.05, 0) is 56.2 Å². The highest BCUT2D eigenvalue weighted by molar-refractivity contribution is 5.93. The monoisotopic (exact) mass is 389 g/mol. The Morgan fingerprint density at radius 1 is 1.10 bits per heavy atom. The molecule has 29 heavy (non-hydrogen) atoms. The maximum Gasteiger partial charge on any atom is 0.273 e. The molecule has 0 spiro atoms. The molecule has 1 aromatic heterocycles. The fourth-order valence-electron chi connectivity index (χ4n) is 3.12. The molecule has 5 nitrogen and oxygen atoms in total. The number of anilines is 2. The Labute approximate surface area is 172 Å². The molecule has 1 N–H and O–H groups in total. The quantitative estimate of drug-likeness (QED) is 0.604. The van der Waals surface area contributed by atoms with Gasteiger partial charge < -0.3 is 15.0 Å². The SMILES string of the molecule is COc1ccc(C)cc1Nc1ccnc(C(=O)N(Cc2ccccc2)C(C)C)c1. The molecular weight excluding hydrogens is 362 g/mol. The van der Waals surface area contributed by atoms with Gasteiger partial charge in [-0.15, -0.1) is 0 Å². The second-order valence-corrected chi connectivity index (χ2v) is 7.27. The molecule has 0 radical (unpaired) electrons. The number of nitrogens with zero attached hydrogens (tertiary/aromatic N) is 2. The van der Waals surface area contributed by atoms with E-state index < -0.39 is 0 Å². The van der Waals surface area contributed by atoms with Crippen molar-refractivity contribution in [2.45, 2.75) is 33.4 Å². The van der Waals surface area contributed by atoms with Crippen LogP contribution in [0.5, 0.6) is 5.75 Å². The van der Waals surface area contributed by atoms with Crippen molar-refractivity contribution in [1.29, 1.82) is 0 Å². The van der Waals surface area contributed by atoms with E-state index in [1.165, 1.54) is 0 Å². The van der Waals surface area contributed by atoms with E-state index in [1.807, 2.05) is 80.3 Å². The molecule has 0 unspecified atom stereocenters. The molecule has 150 valence electrons. The van der Waals surface area contributed by atoms with Crippen molar-refractivity contribution in [3.63, 3.8) is 0 Å². The minimum Gasteiger partial charge on any atom is -0.495 e. The first-order chi connectivity index (χ1) is 14.0. The Kier molecular flexibility index (Phi) is 6.50. The van der Waals surface area contributed by atoms with Crippen molar-refractivity contribution in [2.75, 3.05) is 12.4 Å². The van der Waals surface area contributed by atoms with Crippen molar-refractivity contribution in [1.82, 2.24) is 9.88 Å². The van der Waals surface area contributed by atoms with Crippen LogP contribution in [0.3, 0.4) is 0 Å². The highest BCUT2D eigenvalue weighted by atomic mass is 16.5. The molecule has 0 aliphatic heterocycles. The van der Waals surface area contributed by atoms with Crippen LogP contribution in [0.2, 0.25) is 0 Å². The van der Waals surface area contributed by atoms with Gasteiger partial charge in [-0.1, -0.05) is 36.4 Å². The molecule has 0 saturated heterocycles. The van der Waals surface area contributed by atoms with Gasteiger partial charge in [0.25, 0.3) is 5.91 Å². The molecule has 0 aliphatic rings. The largest absolute Gasteiger partial charge is 0.495 e. The maximum absolute atomic E-state index is 13.2. The van der Waals surface area contributed by atoms with Gasteiger partial charge in [0.1, 0.15) is 11.4 Å². The van der Waals surface area contributed by atoms with E-state index in [0.717, 1.165) is 28.3 Å². The molecule has 0 fully saturated rings. The number of rotatable bonds is 7. The molecular formula is C24H27N3O2. The van der Waals surface area contributed by atoms with Crippen LogP contribution >= 0.6 is 0 Å². The van der Waals surface area contributed by atoms with Crippen molar-refractivity contribution in [2.24, 2.45) is 0 Å². The number of aromatic nitrogens is 1. The number of aryl methyl sites for hydroxylation is 1. The molecule has 0 atom stereocenters. The van der Waals surface area contributed by atoms with Gasteiger partial charge in [-0.25, -0.2) is 0 Å². The van der Waals surface area contributed by atoms with E-state index in [0.29, 0.717) is 12.2 Å². The number of pyridine rings is 1. The lowest BCUT2D eigenvalue weighted by molar-refractivity contribution is 0.0684. The van der Waals surface area contributed by atoms with E-state index in [9.17, 15) is 4.79 Å². The van der Waals surface area contributed by atoms with Crippen LogP contribution in [0.15, 0.2) is 66.9 Å². The fraction of sp³-hybridized carbons (Fsp3) is 0.250. The van der Waals surface area contributed by atoms with Crippen molar-refractivity contribution >= 4 is 17.3 Å². The van der Waals surface area contributed by atoms with Crippen LogP contribution in [-0.4, -0.2) is 28.9 Å². The Morgan fingerprint density at radius 2 is 1.86 bits per heavy atom. The van der Waals surface area contributed by atoms with Crippen molar-refractivity contribution in [3.05, 3.63) is 83.7 Å². The third-order valence-corrected chi connectivity index (χ3v) is 4.69. The van der Waals surface area contributed by atoms with E-state index >= 15 is 0 Å². The first-order valence-electron chi connectivity index (χ1n) is 9.70. The lowest BCUT2D eigenvalue weighted by atomic mass is 10.1. The van der Waals surface area contributed by atoms with E-state index in [-0.39, 0.29) is 11.9 Å². The first-order valence-corrected chi connectivity index (χ1v) is 9.70. The second kappa shape index (κ2) is 9.24. The normalized spacial score (nSPS) is 10.7. The predicted octanol–water partition coefficient (Wildman–Crippen LogP) is 5.19. The minimum absolute atomic E-state index is 0.0537. The third-order valence-electron chi connectivity index (χ3n) is 4.69. The summed E-state index contributed by atoms with van der Waals surface area (Å²) >= 11 is 0. The van der Waals surface area contributed by atoms with Crippen LogP contribution in [0.25, 0.3) is 0 Å². The third kappa shape index (κ3) is 5.13. The number of hydrogen-bond acceptors (Lipinski definition) is 4. The summed E-state index contributed by atoms with van der Waals surface area (Å²) < 4.78 is 5.43. The number of methoxy groups -OCH3 is 1. The summed E-state index contributed by atoms with van der Waals surface area (Å²) in [4.78, 5) is 19.3. The molecule has 0 saturated carbocycles. The summed E-state index contributed by atoms with van der Waals surface area (Å²) in [5.74, 6) is 0.650. The highest BCUT2D eigenvalue weighted by Gasteiger charge is 2.20. The zero-order valence-electron chi connectivity index (χ0n) is 17.3. The van der Waals surface area contributed by atoms with E-state index in [2.05, 4.69) is 10.3 Å². The Morgan fingerprint density at radius 3 is 2.55 bits per heavy atom. The lowest BCUT2D eigenvalue weighted by Gasteiger charge is -2.26. The van der Waals surface area contributed by atoms with Gasteiger partial charge in [0.05, 0.1) is 12.8 Å². The zero-order chi connectivity index (χ0) is 20.8. The molecule has 1 amide bonds. The summed E-state index contributed by atoms with van der Waals surface area (Å²) in [5.41, 5.74) is 4.25. The average molecular weight is 389 g/mol. The number of amides is 1. The van der Waals surface area contributed by atoms with E-state index in [4.69, 9.17) is 4.74 Å². The number of nitrogens with one attached hydrogen (secondary N) is 1. The Balaban J connectivity index is 1.84. The minimum atomic E-state index is -0.0938. The summed E-state index contributed by atoms with van der Waals surface area (Å²) in [6.07, 6.45) is 1.65. The molecule has 0 aliphatic carbocycles. The van der Waals surface area contributed by atoms with Gasteiger partial charge in [-0.2, -0.15) is 0 Å². The number of carbonyl (C=O) groups is 1. The fourth-order valence-corrected chi connectivity index (χ4v) is 3.12. The number of hydrogen-bond donors (Lipinski definition) is 1. The summed E-state index contributed by atoms with van der Waals surface area (Å²) in [7, 11) is 1.64. The predicted molar refractivity (Wildman–Crippen MR) is 117 cm³/mol. The lowest BCUT2D eigenvalue weighted by Crippen LogP contribution is -2.36. The van der Waals surface area contributed by atoms with Gasteiger partial charge in [-0.3, -0.25) is 9.78 Å². The number of carbonyl (C=O) groups excluding carboxylic acids is 1. The summed E-state index contributed by atoms with van der Waals surface area (Å²) in [6, 6.07) is 19.6. The second-order valence-electron chi connectivity index (χ2n) is 7.27. The smallest absolute Gasteiger partial charge is 0.273 e. The van der Waals surface area contributed by atoms with Crippen LogP contribution in [0.1, 0.15) is 35.5 Å². The zero-order valence-corrected chi connectivity index (χ0v) is 17.3. The van der Waals surface area contributed by atoms with Crippen LogP contribution in [-0.2, 0) is 6.54 Å². The molecule has 2 aromatic carbocycles. The molecule has 0 bridgehead atoms. The molecule has 1 heterocycles. The number of benzene rings is 2. The first kappa shape index (κ1) is 20.4. The van der Waals surface area contributed by atoms with Crippen molar-refractivity contribution in [3.8, 4) is 5.75 Å². The van der Waals surface area contributed by atoms with Crippen LogP contribution < -0.4 is 10.1 Å². The Hall–Kier alpha value is -3.34. The molecule has 3 rings (SSSR count). The standard InChI is InChI=1S/C24H27N3O2/c1-17(2)27(16-19-8-6-5-7-9-19)24(28)22-15-20(12-13-25-22)26-21-14-18(3)10-11-23(21)29-4/h5-15,17H,16H2,1-4H3,(H,25,26). The van der Waals surface area contributed by atoms with Crippen molar-refractivity contribution < 1.29 is 9.53 Å². The molecule has 3 aromatic rings. The maximum atomic E-state index is 13.2. The average Bonchev–Trinajstić information content (AvgIpc) is 2.72. The highest BCUT2D eigenvalue weighted by Crippen LogP contribution is 2.28. The van der Waals surface area contributed by atoms with Gasteiger partial charge in [0, 0.05) is 24.5 Å². The van der Waals surface area contributed by atoms with E-state index in [1.54, 1.807) is 19.4 Å². The van der Waals surface area contributed by atoms with Gasteiger partial charge in [0.15, 0.2) is 0 Å². The van der Waals surface area contributed by atoms with Crippen LogP contribution in [0.4, 0.5) is 11.4 Å².